The molecule has 2 heterocycles. The highest BCUT2D eigenvalue weighted by Crippen LogP contribution is 2.22. The van der Waals surface area contributed by atoms with Gasteiger partial charge in [0.05, 0.1) is 6.04 Å². The number of unbranched alkanes of at least 4 members (excludes halogenated alkanes) is 1. The Morgan fingerprint density at radius 2 is 1.82 bits per heavy atom. The Morgan fingerprint density at radius 1 is 1.11 bits per heavy atom. The molecule has 0 radical (unpaired) electrons. The number of nitrogens with zero attached hydrogens (tertiary/aromatic N) is 1. The van der Waals surface area contributed by atoms with Gasteiger partial charge in [0.25, 0.3) is 0 Å². The highest BCUT2D eigenvalue weighted by atomic mass is 16.5. The van der Waals surface area contributed by atoms with Crippen molar-refractivity contribution in [1.29, 1.82) is 0 Å². The molecule has 0 spiro atoms. The second kappa shape index (κ2) is 11.5. The summed E-state index contributed by atoms with van der Waals surface area (Å²) >= 11 is 0. The Bertz CT molecular complexity index is 566. The van der Waals surface area contributed by atoms with Crippen LogP contribution in [0.3, 0.4) is 0 Å². The molecule has 2 aliphatic rings. The number of carbonyl (C=O) groups excluding carboxylic acids is 1. The number of hydrogen-bond acceptors (Lipinski definition) is 4. The zero-order valence-electron chi connectivity index (χ0n) is 17.2. The van der Waals surface area contributed by atoms with Gasteiger partial charge in [-0.25, -0.2) is 0 Å². The number of piperidine rings is 1. The molecule has 2 fully saturated rings. The second-order valence-electron chi connectivity index (χ2n) is 8.45. The summed E-state index contributed by atoms with van der Waals surface area (Å²) in [6.07, 6.45) is 7.77. The van der Waals surface area contributed by atoms with E-state index in [0.717, 1.165) is 57.9 Å². The van der Waals surface area contributed by atoms with Crippen molar-refractivity contribution in [2.75, 3.05) is 39.4 Å². The van der Waals surface area contributed by atoms with Gasteiger partial charge in [-0.05, 0) is 82.0 Å². The summed E-state index contributed by atoms with van der Waals surface area (Å²) in [7, 11) is 0. The largest absolute Gasteiger partial charge is 0.381 e. The first-order valence-electron chi connectivity index (χ1n) is 11.1. The average Bonchev–Trinajstić information content (AvgIpc) is 2.75. The van der Waals surface area contributed by atoms with Gasteiger partial charge < -0.3 is 20.7 Å². The molecular formula is C23H37N3O2. The van der Waals surface area contributed by atoms with Gasteiger partial charge in [-0.2, -0.15) is 0 Å². The summed E-state index contributed by atoms with van der Waals surface area (Å²) in [4.78, 5) is 14.8. The van der Waals surface area contributed by atoms with E-state index in [4.69, 9.17) is 10.5 Å². The van der Waals surface area contributed by atoms with E-state index < -0.39 is 0 Å². The number of carbonyl (C=O) groups is 1. The molecule has 0 aliphatic carbocycles. The first-order chi connectivity index (χ1) is 13.7. The lowest BCUT2D eigenvalue weighted by atomic mass is 9.90. The number of benzene rings is 1. The van der Waals surface area contributed by atoms with Crippen molar-refractivity contribution in [3.63, 3.8) is 0 Å². The number of nitrogens with one attached hydrogen (secondary N) is 1. The molecule has 5 nitrogen and oxygen atoms in total. The summed E-state index contributed by atoms with van der Waals surface area (Å²) in [5.74, 6) is 1.10. The molecular weight excluding hydrogens is 350 g/mol. The summed E-state index contributed by atoms with van der Waals surface area (Å²) < 4.78 is 5.34. The summed E-state index contributed by atoms with van der Waals surface area (Å²) in [6.45, 7) is 5.75. The van der Waals surface area contributed by atoms with Crippen molar-refractivity contribution >= 4 is 5.91 Å². The molecule has 1 aromatic rings. The van der Waals surface area contributed by atoms with Gasteiger partial charge in [0.2, 0.25) is 5.91 Å². The number of nitrogens with two attached hydrogens (primary N) is 1. The van der Waals surface area contributed by atoms with E-state index in [1.165, 1.54) is 37.9 Å². The van der Waals surface area contributed by atoms with Crippen LogP contribution in [0.1, 0.15) is 44.1 Å². The van der Waals surface area contributed by atoms with E-state index in [1.807, 2.05) is 0 Å². The first kappa shape index (κ1) is 21.3. The Balaban J connectivity index is 1.23. The van der Waals surface area contributed by atoms with Crippen molar-refractivity contribution in [2.24, 2.45) is 17.6 Å². The van der Waals surface area contributed by atoms with Crippen molar-refractivity contribution in [3.8, 4) is 0 Å². The molecule has 3 N–H and O–H groups in total. The van der Waals surface area contributed by atoms with Crippen LogP contribution in [-0.2, 0) is 16.0 Å². The molecule has 1 atom stereocenters. The van der Waals surface area contributed by atoms with Crippen LogP contribution in [0.4, 0.5) is 0 Å². The van der Waals surface area contributed by atoms with Crippen molar-refractivity contribution < 1.29 is 9.53 Å². The predicted octanol–water partition coefficient (Wildman–Crippen LogP) is 2.59. The molecule has 1 unspecified atom stereocenters. The van der Waals surface area contributed by atoms with Crippen LogP contribution in [0, 0.1) is 11.8 Å². The Labute approximate surface area is 170 Å². The first-order valence-corrected chi connectivity index (χ1v) is 11.1. The van der Waals surface area contributed by atoms with Crippen LogP contribution in [0.5, 0.6) is 0 Å². The molecule has 2 saturated heterocycles. The SMILES string of the molecule is NC(C(=O)NCCCCN1CCC(Cc2ccccc2)CC1)C1CCOCC1. The summed E-state index contributed by atoms with van der Waals surface area (Å²) in [6, 6.07) is 10.5. The predicted molar refractivity (Wildman–Crippen MR) is 113 cm³/mol. The van der Waals surface area contributed by atoms with Crippen LogP contribution in [0.15, 0.2) is 30.3 Å². The molecule has 2 aliphatic heterocycles. The van der Waals surface area contributed by atoms with Crippen LogP contribution in [0.2, 0.25) is 0 Å². The monoisotopic (exact) mass is 387 g/mol. The number of likely N-dealkylation sites (tertiary alicyclic amines) is 1. The molecule has 28 heavy (non-hydrogen) atoms. The van der Waals surface area contributed by atoms with Crippen LogP contribution in [-0.4, -0.2) is 56.2 Å². The molecule has 156 valence electrons. The number of ether oxygens (including phenoxy) is 1. The van der Waals surface area contributed by atoms with E-state index in [-0.39, 0.29) is 17.9 Å². The third-order valence-corrected chi connectivity index (χ3v) is 6.35. The smallest absolute Gasteiger partial charge is 0.237 e. The lowest BCUT2D eigenvalue weighted by Gasteiger charge is -2.32. The fourth-order valence-electron chi connectivity index (χ4n) is 4.44. The Morgan fingerprint density at radius 3 is 2.54 bits per heavy atom. The second-order valence-corrected chi connectivity index (χ2v) is 8.45. The van der Waals surface area contributed by atoms with Gasteiger partial charge in [-0.15, -0.1) is 0 Å². The Hall–Kier alpha value is -1.43. The number of amides is 1. The van der Waals surface area contributed by atoms with E-state index in [2.05, 4.69) is 40.5 Å². The van der Waals surface area contributed by atoms with E-state index >= 15 is 0 Å². The third-order valence-electron chi connectivity index (χ3n) is 6.35. The molecule has 1 amide bonds. The maximum atomic E-state index is 12.2. The van der Waals surface area contributed by atoms with Crippen molar-refractivity contribution in [1.82, 2.24) is 10.2 Å². The average molecular weight is 388 g/mol. The highest BCUT2D eigenvalue weighted by molar-refractivity contribution is 5.81. The highest BCUT2D eigenvalue weighted by Gasteiger charge is 2.26. The topological polar surface area (TPSA) is 67.6 Å². The van der Waals surface area contributed by atoms with Gasteiger partial charge in [0.1, 0.15) is 0 Å². The van der Waals surface area contributed by atoms with Crippen molar-refractivity contribution in [2.45, 2.75) is 51.0 Å². The number of hydrogen-bond donors (Lipinski definition) is 2. The minimum absolute atomic E-state index is 0.00799. The third kappa shape index (κ3) is 6.87. The maximum Gasteiger partial charge on any atom is 0.237 e. The fraction of sp³-hybridized carbons (Fsp3) is 0.696. The van der Waals surface area contributed by atoms with Gasteiger partial charge in [0.15, 0.2) is 0 Å². The minimum Gasteiger partial charge on any atom is -0.381 e. The number of rotatable bonds is 9. The van der Waals surface area contributed by atoms with Gasteiger partial charge in [-0.3, -0.25) is 4.79 Å². The molecule has 0 aromatic heterocycles. The van der Waals surface area contributed by atoms with Crippen LogP contribution < -0.4 is 11.1 Å². The fourth-order valence-corrected chi connectivity index (χ4v) is 4.44. The normalized spacial score (nSPS) is 20.8. The van der Waals surface area contributed by atoms with Crippen LogP contribution >= 0.6 is 0 Å². The van der Waals surface area contributed by atoms with E-state index in [9.17, 15) is 4.79 Å². The lowest BCUT2D eigenvalue weighted by molar-refractivity contribution is -0.124. The molecule has 0 bridgehead atoms. The van der Waals surface area contributed by atoms with Crippen molar-refractivity contribution in [3.05, 3.63) is 35.9 Å². The molecule has 0 saturated carbocycles. The summed E-state index contributed by atoms with van der Waals surface area (Å²) in [5.41, 5.74) is 7.58. The molecule has 1 aromatic carbocycles. The Kier molecular flexibility index (Phi) is 8.77. The zero-order chi connectivity index (χ0) is 19.6. The molecule has 3 rings (SSSR count). The quantitative estimate of drug-likeness (QED) is 0.639. The standard InChI is InChI=1S/C23H37N3O2/c24-22(21-10-16-28-17-11-21)23(27)25-12-4-5-13-26-14-8-20(9-15-26)18-19-6-2-1-3-7-19/h1-3,6-7,20-22H,4-5,8-18,24H2,(H,25,27). The molecule has 5 heteroatoms. The van der Waals surface area contributed by atoms with E-state index in [0.29, 0.717) is 0 Å². The minimum atomic E-state index is -0.382. The van der Waals surface area contributed by atoms with Gasteiger partial charge in [-0.1, -0.05) is 30.3 Å². The van der Waals surface area contributed by atoms with Gasteiger partial charge in [0, 0.05) is 19.8 Å². The maximum absolute atomic E-state index is 12.2. The lowest BCUT2D eigenvalue weighted by Crippen LogP contribution is -2.47. The zero-order valence-corrected chi connectivity index (χ0v) is 17.2. The van der Waals surface area contributed by atoms with Gasteiger partial charge >= 0.3 is 0 Å². The van der Waals surface area contributed by atoms with E-state index in [1.54, 1.807) is 0 Å². The van der Waals surface area contributed by atoms with Crippen LogP contribution in [0.25, 0.3) is 0 Å². The summed E-state index contributed by atoms with van der Waals surface area (Å²) in [5, 5.41) is 3.03.